The third-order valence-electron chi connectivity index (χ3n) is 3.37. The predicted molar refractivity (Wildman–Crippen MR) is 75.8 cm³/mol. The molecule has 0 spiro atoms. The monoisotopic (exact) mass is 264 g/mol. The molecular weight excluding hydrogens is 244 g/mol. The number of benzene rings is 1. The molecule has 2 unspecified atom stereocenters. The van der Waals surface area contributed by atoms with Crippen LogP contribution < -0.4 is 10.6 Å². The third kappa shape index (κ3) is 3.50. The molecule has 3 nitrogen and oxygen atoms in total. The van der Waals surface area contributed by atoms with E-state index in [0.717, 1.165) is 13.0 Å². The minimum absolute atomic E-state index is 0.179. The van der Waals surface area contributed by atoms with E-state index in [-0.39, 0.29) is 5.91 Å². The summed E-state index contributed by atoms with van der Waals surface area (Å²) in [5.41, 5.74) is 1.29. The van der Waals surface area contributed by atoms with Gasteiger partial charge in [-0.2, -0.15) is 0 Å². The highest BCUT2D eigenvalue weighted by atomic mass is 32.2. The molecule has 1 saturated heterocycles. The second-order valence-corrected chi connectivity index (χ2v) is 5.59. The van der Waals surface area contributed by atoms with Gasteiger partial charge in [-0.15, -0.1) is 11.8 Å². The number of hydrogen-bond acceptors (Lipinski definition) is 3. The molecule has 2 atom stereocenters. The molecule has 0 bridgehead atoms. The van der Waals surface area contributed by atoms with Crippen molar-refractivity contribution in [1.29, 1.82) is 0 Å². The first-order valence-corrected chi connectivity index (χ1v) is 7.58. The van der Waals surface area contributed by atoms with E-state index < -0.39 is 0 Å². The van der Waals surface area contributed by atoms with Gasteiger partial charge in [0.2, 0.25) is 5.91 Å². The molecular formula is C14H20N2OS. The van der Waals surface area contributed by atoms with E-state index in [4.69, 9.17) is 0 Å². The van der Waals surface area contributed by atoms with Crippen LogP contribution in [0.5, 0.6) is 0 Å². The van der Waals surface area contributed by atoms with Crippen LogP contribution in [0.1, 0.15) is 31.4 Å². The van der Waals surface area contributed by atoms with Gasteiger partial charge < -0.3 is 10.6 Å². The molecule has 0 radical (unpaired) electrons. The van der Waals surface area contributed by atoms with Gasteiger partial charge in [-0.25, -0.2) is 0 Å². The third-order valence-corrected chi connectivity index (χ3v) is 4.11. The van der Waals surface area contributed by atoms with Gasteiger partial charge in [0.25, 0.3) is 0 Å². The Hall–Kier alpha value is -1.00. The average Bonchev–Trinajstić information content (AvgIpc) is 2.82. The van der Waals surface area contributed by atoms with Crippen molar-refractivity contribution in [1.82, 2.24) is 10.6 Å². The van der Waals surface area contributed by atoms with Crippen molar-refractivity contribution in [2.45, 2.75) is 36.7 Å². The zero-order valence-corrected chi connectivity index (χ0v) is 11.7. The molecule has 1 aromatic carbocycles. The maximum atomic E-state index is 11.1. The van der Waals surface area contributed by atoms with Crippen molar-refractivity contribution in [3.63, 3.8) is 0 Å². The molecule has 0 saturated carbocycles. The number of carbonyl (C=O) groups is 1. The zero-order chi connectivity index (χ0) is 13.0. The molecule has 1 aromatic rings. The largest absolute Gasteiger partial charge is 0.352 e. The van der Waals surface area contributed by atoms with E-state index in [0.29, 0.717) is 18.5 Å². The highest BCUT2D eigenvalue weighted by molar-refractivity contribution is 7.98. The highest BCUT2D eigenvalue weighted by Crippen LogP contribution is 2.19. The Morgan fingerprint density at radius 1 is 1.44 bits per heavy atom. The Morgan fingerprint density at radius 2 is 2.17 bits per heavy atom. The number of carbonyl (C=O) groups excluding carboxylic acids is 1. The SMILES string of the molecule is CSc1ccc(C(C)NCC2CCC(=O)N2)cc1. The molecule has 1 heterocycles. The van der Waals surface area contributed by atoms with E-state index in [9.17, 15) is 4.79 Å². The van der Waals surface area contributed by atoms with Crippen molar-refractivity contribution in [2.24, 2.45) is 0 Å². The van der Waals surface area contributed by atoms with Gasteiger partial charge in [0.15, 0.2) is 0 Å². The number of thioether (sulfide) groups is 1. The van der Waals surface area contributed by atoms with Crippen molar-refractivity contribution < 1.29 is 4.79 Å². The Balaban J connectivity index is 1.83. The van der Waals surface area contributed by atoms with Crippen molar-refractivity contribution in [3.8, 4) is 0 Å². The quantitative estimate of drug-likeness (QED) is 0.802. The molecule has 18 heavy (non-hydrogen) atoms. The lowest BCUT2D eigenvalue weighted by Gasteiger charge is -2.17. The summed E-state index contributed by atoms with van der Waals surface area (Å²) in [5.74, 6) is 0.179. The Morgan fingerprint density at radius 3 is 2.72 bits per heavy atom. The molecule has 1 amide bonds. The van der Waals surface area contributed by atoms with Gasteiger partial charge in [-0.05, 0) is 37.3 Å². The minimum atomic E-state index is 0.179. The van der Waals surface area contributed by atoms with Crippen LogP contribution in [-0.4, -0.2) is 24.7 Å². The lowest BCUT2D eigenvalue weighted by Crippen LogP contribution is -2.36. The van der Waals surface area contributed by atoms with Crippen molar-refractivity contribution in [2.75, 3.05) is 12.8 Å². The van der Waals surface area contributed by atoms with Crippen molar-refractivity contribution in [3.05, 3.63) is 29.8 Å². The fraction of sp³-hybridized carbons (Fsp3) is 0.500. The van der Waals surface area contributed by atoms with E-state index in [1.807, 2.05) is 0 Å². The summed E-state index contributed by atoms with van der Waals surface area (Å²) in [7, 11) is 0. The standard InChI is InChI=1S/C14H20N2OS/c1-10(11-3-6-13(18-2)7-4-11)15-9-12-5-8-14(17)16-12/h3-4,6-7,10,12,15H,5,8-9H2,1-2H3,(H,16,17). The summed E-state index contributed by atoms with van der Waals surface area (Å²) in [6.07, 6.45) is 3.70. The number of nitrogens with one attached hydrogen (secondary N) is 2. The van der Waals surface area contributed by atoms with E-state index >= 15 is 0 Å². The van der Waals surface area contributed by atoms with Gasteiger partial charge in [-0.3, -0.25) is 4.79 Å². The zero-order valence-electron chi connectivity index (χ0n) is 10.9. The summed E-state index contributed by atoms with van der Waals surface area (Å²) in [6.45, 7) is 3.00. The summed E-state index contributed by atoms with van der Waals surface area (Å²) >= 11 is 1.76. The first-order chi connectivity index (χ1) is 8.69. The molecule has 1 aliphatic heterocycles. The minimum Gasteiger partial charge on any atom is -0.352 e. The number of amides is 1. The number of rotatable bonds is 5. The maximum absolute atomic E-state index is 11.1. The van der Waals surface area contributed by atoms with Crippen LogP contribution in [0.25, 0.3) is 0 Å². The van der Waals surface area contributed by atoms with Crippen LogP contribution in [0.4, 0.5) is 0 Å². The molecule has 0 aliphatic carbocycles. The molecule has 1 aliphatic rings. The van der Waals surface area contributed by atoms with Gasteiger partial charge in [0.1, 0.15) is 0 Å². The van der Waals surface area contributed by atoms with Crippen LogP contribution in [0.3, 0.4) is 0 Å². The molecule has 2 N–H and O–H groups in total. The van der Waals surface area contributed by atoms with Crippen LogP contribution >= 0.6 is 11.8 Å². The average molecular weight is 264 g/mol. The Kier molecular flexibility index (Phi) is 4.66. The first-order valence-electron chi connectivity index (χ1n) is 6.35. The summed E-state index contributed by atoms with van der Waals surface area (Å²) in [6, 6.07) is 9.24. The van der Waals surface area contributed by atoms with Crippen molar-refractivity contribution >= 4 is 17.7 Å². The fourth-order valence-electron chi connectivity index (χ4n) is 2.16. The van der Waals surface area contributed by atoms with Gasteiger partial charge in [0, 0.05) is 29.9 Å². The molecule has 2 rings (SSSR count). The van der Waals surface area contributed by atoms with E-state index in [1.54, 1.807) is 11.8 Å². The second-order valence-electron chi connectivity index (χ2n) is 4.71. The molecule has 1 fully saturated rings. The van der Waals surface area contributed by atoms with Crippen LogP contribution in [0.2, 0.25) is 0 Å². The van der Waals surface area contributed by atoms with Crippen LogP contribution in [0, 0.1) is 0 Å². The normalized spacial score (nSPS) is 20.8. The van der Waals surface area contributed by atoms with Crippen LogP contribution in [-0.2, 0) is 4.79 Å². The Bertz CT molecular complexity index is 405. The highest BCUT2D eigenvalue weighted by Gasteiger charge is 2.20. The molecule has 98 valence electrons. The first kappa shape index (κ1) is 13.4. The summed E-state index contributed by atoms with van der Waals surface area (Å²) < 4.78 is 0. The smallest absolute Gasteiger partial charge is 0.220 e. The van der Waals surface area contributed by atoms with E-state index in [2.05, 4.69) is 48.1 Å². The topological polar surface area (TPSA) is 41.1 Å². The maximum Gasteiger partial charge on any atom is 0.220 e. The lowest BCUT2D eigenvalue weighted by molar-refractivity contribution is -0.119. The second kappa shape index (κ2) is 6.25. The molecule has 0 aromatic heterocycles. The van der Waals surface area contributed by atoms with Crippen LogP contribution in [0.15, 0.2) is 29.2 Å². The lowest BCUT2D eigenvalue weighted by atomic mass is 10.1. The summed E-state index contributed by atoms with van der Waals surface area (Å²) in [5, 5.41) is 6.45. The molecule has 4 heteroatoms. The van der Waals surface area contributed by atoms with Gasteiger partial charge >= 0.3 is 0 Å². The summed E-state index contributed by atoms with van der Waals surface area (Å²) in [4.78, 5) is 12.4. The fourth-order valence-corrected chi connectivity index (χ4v) is 2.57. The van der Waals surface area contributed by atoms with Gasteiger partial charge in [-0.1, -0.05) is 12.1 Å². The predicted octanol–water partition coefficient (Wildman–Crippen LogP) is 2.34. The number of hydrogen-bond donors (Lipinski definition) is 2. The van der Waals surface area contributed by atoms with Gasteiger partial charge in [0.05, 0.1) is 0 Å². The van der Waals surface area contributed by atoms with E-state index in [1.165, 1.54) is 10.5 Å². The Labute approximate surface area is 113 Å².